The van der Waals surface area contributed by atoms with Gasteiger partial charge in [0, 0.05) is 11.6 Å². The maximum absolute atomic E-state index is 14.2. The number of nitrogens with zero attached hydrogens (tertiary/aromatic N) is 5. The Morgan fingerprint density at radius 3 is 2.58 bits per heavy atom. The molecule has 12 heteroatoms. The van der Waals surface area contributed by atoms with E-state index in [9.17, 15) is 12.8 Å². The van der Waals surface area contributed by atoms with Crippen LogP contribution in [-0.4, -0.2) is 38.1 Å². The van der Waals surface area contributed by atoms with Crippen molar-refractivity contribution < 1.29 is 17.3 Å². The molecular weight excluding hydrogens is 449 g/mol. The Hall–Kier alpha value is -3.80. The predicted molar refractivity (Wildman–Crippen MR) is 121 cm³/mol. The third kappa shape index (κ3) is 4.55. The van der Waals surface area contributed by atoms with Crippen molar-refractivity contribution >= 4 is 21.5 Å². The fourth-order valence-corrected chi connectivity index (χ4v) is 3.63. The smallest absolute Gasteiger partial charge is 0.237 e. The molecule has 0 bridgehead atoms. The second kappa shape index (κ2) is 8.28. The van der Waals surface area contributed by atoms with Gasteiger partial charge in [0.25, 0.3) is 0 Å². The molecule has 0 unspecified atom stereocenters. The van der Waals surface area contributed by atoms with Gasteiger partial charge in [0.2, 0.25) is 10.0 Å². The number of nitrogen functional groups attached to an aromatic ring is 1. The van der Waals surface area contributed by atoms with Gasteiger partial charge in [-0.15, -0.1) is 0 Å². The molecule has 33 heavy (non-hydrogen) atoms. The van der Waals surface area contributed by atoms with Gasteiger partial charge in [0.15, 0.2) is 11.6 Å². The van der Waals surface area contributed by atoms with Gasteiger partial charge in [0.05, 0.1) is 23.2 Å². The molecule has 4 aromatic rings. The number of halogens is 1. The van der Waals surface area contributed by atoms with Crippen molar-refractivity contribution in [2.75, 3.05) is 10.5 Å². The summed E-state index contributed by atoms with van der Waals surface area (Å²) in [4.78, 5) is 8.44. The van der Waals surface area contributed by atoms with Crippen LogP contribution >= 0.6 is 0 Å². The quantitative estimate of drug-likeness (QED) is 0.436. The first-order valence-electron chi connectivity index (χ1n) is 9.92. The second-order valence-corrected chi connectivity index (χ2v) is 10.7. The Balaban J connectivity index is 1.71. The molecule has 172 valence electrons. The van der Waals surface area contributed by atoms with Gasteiger partial charge < -0.3 is 10.3 Å². The van der Waals surface area contributed by atoms with Crippen molar-refractivity contribution in [3.63, 3.8) is 0 Å². The van der Waals surface area contributed by atoms with E-state index in [1.54, 1.807) is 55.8 Å². The molecule has 0 aliphatic rings. The molecule has 0 fully saturated rings. The summed E-state index contributed by atoms with van der Waals surface area (Å²) in [5, 5.41) is 8.45. The third-order valence-electron chi connectivity index (χ3n) is 4.86. The zero-order valence-electron chi connectivity index (χ0n) is 18.2. The highest BCUT2D eigenvalue weighted by molar-refractivity contribution is 7.94. The van der Waals surface area contributed by atoms with Crippen LogP contribution < -0.4 is 10.5 Å². The topological polar surface area (TPSA) is 142 Å². The summed E-state index contributed by atoms with van der Waals surface area (Å²) in [5.41, 5.74) is 7.90. The maximum atomic E-state index is 14.2. The summed E-state index contributed by atoms with van der Waals surface area (Å²) in [6.45, 7) is 4.82. The minimum absolute atomic E-state index is 0.0561. The highest BCUT2D eigenvalue weighted by Crippen LogP contribution is 2.28. The number of nitrogens with two attached hydrogens (primary N) is 1. The zero-order chi connectivity index (χ0) is 23.8. The summed E-state index contributed by atoms with van der Waals surface area (Å²) in [5.74, 6) is -0.251. The lowest BCUT2D eigenvalue weighted by atomic mass is 10.2. The van der Waals surface area contributed by atoms with Crippen molar-refractivity contribution in [2.45, 2.75) is 32.1 Å². The molecule has 0 aliphatic carbocycles. The van der Waals surface area contributed by atoms with E-state index in [2.05, 4.69) is 24.9 Å². The molecule has 0 amide bonds. The van der Waals surface area contributed by atoms with Crippen molar-refractivity contribution in [1.82, 2.24) is 24.9 Å². The largest absolute Gasteiger partial charge is 0.382 e. The van der Waals surface area contributed by atoms with Gasteiger partial charge in [0.1, 0.15) is 29.2 Å². The van der Waals surface area contributed by atoms with E-state index in [-0.39, 0.29) is 29.7 Å². The molecule has 3 aromatic heterocycles. The Bertz CT molecular complexity index is 1390. The van der Waals surface area contributed by atoms with E-state index in [1.807, 2.05) is 0 Å². The van der Waals surface area contributed by atoms with Gasteiger partial charge in [-0.3, -0.25) is 9.40 Å². The molecule has 0 saturated heterocycles. The lowest BCUT2D eigenvalue weighted by Crippen LogP contribution is -2.34. The van der Waals surface area contributed by atoms with Crippen LogP contribution in [0.2, 0.25) is 0 Å². The number of sulfonamides is 1. The number of nitrogens with one attached hydrogen (secondary N) is 1. The van der Waals surface area contributed by atoms with Crippen LogP contribution in [0.25, 0.3) is 22.9 Å². The summed E-state index contributed by atoms with van der Waals surface area (Å²) in [6, 6.07) is 9.70. The molecule has 0 radical (unpaired) electrons. The van der Waals surface area contributed by atoms with Gasteiger partial charge in [-0.1, -0.05) is 23.4 Å². The van der Waals surface area contributed by atoms with Crippen molar-refractivity contribution in [2.24, 2.45) is 0 Å². The molecule has 3 N–H and O–H groups in total. The van der Waals surface area contributed by atoms with E-state index >= 15 is 0 Å². The van der Waals surface area contributed by atoms with Crippen LogP contribution in [0, 0.1) is 5.82 Å². The van der Waals surface area contributed by atoms with E-state index in [0.717, 1.165) is 0 Å². The van der Waals surface area contributed by atoms with Crippen LogP contribution in [0.4, 0.5) is 15.9 Å². The van der Waals surface area contributed by atoms with E-state index in [1.165, 1.54) is 18.5 Å². The molecule has 10 nitrogen and oxygen atoms in total. The Morgan fingerprint density at radius 1 is 1.18 bits per heavy atom. The Kier molecular flexibility index (Phi) is 5.62. The highest BCUT2D eigenvalue weighted by atomic mass is 32.2. The molecule has 0 atom stereocenters. The fraction of sp³-hybridized carbons (Fsp3) is 0.238. The van der Waals surface area contributed by atoms with Crippen molar-refractivity contribution in [3.8, 4) is 22.9 Å². The monoisotopic (exact) mass is 471 g/mol. The van der Waals surface area contributed by atoms with Gasteiger partial charge in [-0.2, -0.15) is 5.10 Å². The van der Waals surface area contributed by atoms with Crippen LogP contribution in [0.15, 0.2) is 53.4 Å². The van der Waals surface area contributed by atoms with Crippen LogP contribution in [0.5, 0.6) is 0 Å². The van der Waals surface area contributed by atoms with Crippen molar-refractivity contribution in [3.05, 3.63) is 60.2 Å². The van der Waals surface area contributed by atoms with Gasteiger partial charge >= 0.3 is 0 Å². The highest BCUT2D eigenvalue weighted by Gasteiger charge is 2.30. The number of rotatable bonds is 6. The predicted octanol–water partition coefficient (Wildman–Crippen LogP) is 3.30. The van der Waals surface area contributed by atoms with E-state index < -0.39 is 14.8 Å². The van der Waals surface area contributed by atoms with Gasteiger partial charge in [-0.05, 0) is 32.9 Å². The third-order valence-corrected chi connectivity index (χ3v) is 6.96. The number of hydrogen-bond donors (Lipinski definition) is 2. The number of aromatic nitrogens is 5. The van der Waals surface area contributed by atoms with Crippen molar-refractivity contribution in [1.29, 1.82) is 0 Å². The van der Waals surface area contributed by atoms with E-state index in [4.69, 9.17) is 10.3 Å². The van der Waals surface area contributed by atoms with Crippen LogP contribution in [0.3, 0.4) is 0 Å². The van der Waals surface area contributed by atoms with E-state index in [0.29, 0.717) is 22.6 Å². The average molecular weight is 472 g/mol. The number of hydrogen-bond acceptors (Lipinski definition) is 8. The molecular formula is C21H22FN7O3S. The zero-order valence-corrected chi connectivity index (χ0v) is 19.0. The summed E-state index contributed by atoms with van der Waals surface area (Å²) < 4.78 is 46.9. The first-order chi connectivity index (χ1) is 15.5. The fourth-order valence-electron chi connectivity index (χ4n) is 2.88. The summed E-state index contributed by atoms with van der Waals surface area (Å²) in [7, 11) is -3.71. The second-order valence-electron chi connectivity index (χ2n) is 8.26. The molecule has 0 saturated carbocycles. The Morgan fingerprint density at radius 2 is 1.94 bits per heavy atom. The molecule has 0 spiro atoms. The lowest BCUT2D eigenvalue weighted by Gasteiger charge is -2.20. The first kappa shape index (κ1) is 22.4. The number of anilines is 2. The average Bonchev–Trinajstić information content (AvgIpc) is 3.40. The normalized spacial score (nSPS) is 12.1. The molecule has 4 rings (SSSR count). The lowest BCUT2D eigenvalue weighted by molar-refractivity contribution is 0.421. The molecule has 0 aliphatic heterocycles. The van der Waals surface area contributed by atoms with Gasteiger partial charge in [-0.25, -0.2) is 22.8 Å². The maximum Gasteiger partial charge on any atom is 0.237 e. The summed E-state index contributed by atoms with van der Waals surface area (Å²) in [6.07, 6.45) is 2.70. The SMILES string of the molecule is CC(C)(C)S(=O)(=O)Nc1cnc(-c2cc(-c3ccon3)n(Cc3ccccc3F)n2)nc1N. The van der Waals surface area contributed by atoms with Crippen LogP contribution in [0.1, 0.15) is 26.3 Å². The summed E-state index contributed by atoms with van der Waals surface area (Å²) >= 11 is 0. The molecule has 3 heterocycles. The standard InChI is InChI=1S/C21H22FN7O3S/c1-21(2,3)33(30,31)28-17-11-24-20(25-19(17)23)16-10-18(15-8-9-32-27-15)29(26-16)12-13-6-4-5-7-14(13)22/h4-11,28H,12H2,1-3H3,(H2,23,24,25). The number of benzene rings is 1. The minimum atomic E-state index is -3.71. The van der Waals surface area contributed by atoms with Crippen LogP contribution in [-0.2, 0) is 16.6 Å². The molecule has 1 aromatic carbocycles. The first-order valence-corrected chi connectivity index (χ1v) is 11.4. The Labute approximate surface area is 189 Å². The minimum Gasteiger partial charge on any atom is -0.382 e.